The zero-order chi connectivity index (χ0) is 11.4. The Morgan fingerprint density at radius 1 is 1.40 bits per heavy atom. The molecule has 0 saturated heterocycles. The molecule has 15 heavy (non-hydrogen) atoms. The van der Waals surface area contributed by atoms with Crippen LogP contribution in [0.25, 0.3) is 0 Å². The number of hydrogen-bond acceptors (Lipinski definition) is 2. The Labute approximate surface area is 92.9 Å². The predicted molar refractivity (Wildman–Crippen MR) is 65.1 cm³/mol. The van der Waals surface area contributed by atoms with Gasteiger partial charge in [-0.2, -0.15) is 5.10 Å². The molecule has 0 aliphatic carbocycles. The zero-order valence-electron chi connectivity index (χ0n) is 10.5. The first kappa shape index (κ1) is 12.1. The summed E-state index contributed by atoms with van der Waals surface area (Å²) in [6.07, 6.45) is 4.24. The van der Waals surface area contributed by atoms with Crippen LogP contribution < -0.4 is 5.32 Å². The van der Waals surface area contributed by atoms with Gasteiger partial charge in [-0.05, 0) is 25.7 Å². The van der Waals surface area contributed by atoms with E-state index in [1.807, 2.05) is 11.7 Å². The summed E-state index contributed by atoms with van der Waals surface area (Å²) < 4.78 is 1.88. The van der Waals surface area contributed by atoms with Crippen LogP contribution in [-0.2, 0) is 13.5 Å². The molecule has 1 aromatic rings. The summed E-state index contributed by atoms with van der Waals surface area (Å²) in [6.45, 7) is 8.87. The van der Waals surface area contributed by atoms with E-state index in [0.717, 1.165) is 18.0 Å². The summed E-state index contributed by atoms with van der Waals surface area (Å²) in [5.41, 5.74) is 2.35. The van der Waals surface area contributed by atoms with Crippen LogP contribution in [0.2, 0.25) is 0 Å². The van der Waals surface area contributed by atoms with Crippen molar-refractivity contribution >= 4 is 5.69 Å². The molecule has 1 atom stereocenters. The molecule has 1 rings (SSSR count). The third-order valence-corrected chi connectivity index (χ3v) is 2.47. The molecule has 0 spiro atoms. The lowest BCUT2D eigenvalue weighted by Gasteiger charge is -2.16. The van der Waals surface area contributed by atoms with Crippen molar-refractivity contribution in [1.29, 1.82) is 0 Å². The predicted octanol–water partition coefficient (Wildman–Crippen LogP) is 2.83. The maximum absolute atomic E-state index is 4.42. The van der Waals surface area contributed by atoms with E-state index in [-0.39, 0.29) is 0 Å². The SMILES string of the molecule is CCc1nn(C)cc1NC(C)CC(C)C. The van der Waals surface area contributed by atoms with E-state index < -0.39 is 0 Å². The maximum Gasteiger partial charge on any atom is 0.0853 e. The van der Waals surface area contributed by atoms with Gasteiger partial charge < -0.3 is 5.32 Å². The summed E-state index contributed by atoms with van der Waals surface area (Å²) in [5.74, 6) is 0.731. The van der Waals surface area contributed by atoms with E-state index in [9.17, 15) is 0 Å². The number of hydrogen-bond donors (Lipinski definition) is 1. The molecule has 0 aliphatic rings. The van der Waals surface area contributed by atoms with Gasteiger partial charge in [0.05, 0.1) is 11.4 Å². The van der Waals surface area contributed by atoms with Gasteiger partial charge in [0.1, 0.15) is 0 Å². The largest absolute Gasteiger partial charge is 0.380 e. The Hall–Kier alpha value is -0.990. The first-order chi connectivity index (χ1) is 7.02. The van der Waals surface area contributed by atoms with Crippen molar-refractivity contribution in [2.75, 3.05) is 5.32 Å². The average molecular weight is 209 g/mol. The van der Waals surface area contributed by atoms with E-state index in [1.165, 1.54) is 12.1 Å². The van der Waals surface area contributed by atoms with Gasteiger partial charge in [-0.25, -0.2) is 0 Å². The van der Waals surface area contributed by atoms with Crippen LogP contribution in [0.4, 0.5) is 5.69 Å². The van der Waals surface area contributed by atoms with E-state index >= 15 is 0 Å². The van der Waals surface area contributed by atoms with Crippen LogP contribution >= 0.6 is 0 Å². The van der Waals surface area contributed by atoms with E-state index in [2.05, 4.69) is 44.3 Å². The Balaban J connectivity index is 2.62. The molecule has 0 amide bonds. The molecule has 0 aromatic carbocycles. The van der Waals surface area contributed by atoms with E-state index in [4.69, 9.17) is 0 Å². The van der Waals surface area contributed by atoms with Gasteiger partial charge in [0.2, 0.25) is 0 Å². The van der Waals surface area contributed by atoms with Gasteiger partial charge in [0.25, 0.3) is 0 Å². The minimum Gasteiger partial charge on any atom is -0.380 e. The fourth-order valence-electron chi connectivity index (χ4n) is 1.95. The van der Waals surface area contributed by atoms with Crippen LogP contribution in [0.1, 0.15) is 39.8 Å². The first-order valence-corrected chi connectivity index (χ1v) is 5.82. The third kappa shape index (κ3) is 3.57. The third-order valence-electron chi connectivity index (χ3n) is 2.47. The van der Waals surface area contributed by atoms with Crippen molar-refractivity contribution in [3.05, 3.63) is 11.9 Å². The molecule has 3 heteroatoms. The maximum atomic E-state index is 4.42. The van der Waals surface area contributed by atoms with Gasteiger partial charge in [-0.1, -0.05) is 20.8 Å². The van der Waals surface area contributed by atoms with Crippen LogP contribution in [-0.4, -0.2) is 15.8 Å². The topological polar surface area (TPSA) is 29.9 Å². The number of nitrogens with one attached hydrogen (secondary N) is 1. The highest BCUT2D eigenvalue weighted by Crippen LogP contribution is 2.17. The molecular formula is C12H23N3. The standard InChI is InChI=1S/C12H23N3/c1-6-11-12(8-15(5)14-11)13-10(4)7-9(2)3/h8-10,13H,6-7H2,1-5H3. The van der Waals surface area contributed by atoms with Gasteiger partial charge in [-0.15, -0.1) is 0 Å². The van der Waals surface area contributed by atoms with Crippen molar-refractivity contribution in [2.45, 2.75) is 46.6 Å². The molecule has 0 radical (unpaired) electrons. The monoisotopic (exact) mass is 209 g/mol. The Morgan fingerprint density at radius 2 is 2.07 bits per heavy atom. The van der Waals surface area contributed by atoms with Gasteiger partial charge in [0, 0.05) is 19.3 Å². The highest BCUT2D eigenvalue weighted by Gasteiger charge is 2.09. The second-order valence-electron chi connectivity index (χ2n) is 4.69. The molecule has 1 heterocycles. The smallest absolute Gasteiger partial charge is 0.0853 e. The number of rotatable bonds is 5. The molecule has 3 nitrogen and oxygen atoms in total. The minimum atomic E-state index is 0.513. The van der Waals surface area contributed by atoms with Crippen molar-refractivity contribution in [1.82, 2.24) is 9.78 Å². The highest BCUT2D eigenvalue weighted by atomic mass is 15.3. The molecule has 0 fully saturated rings. The lowest BCUT2D eigenvalue weighted by atomic mass is 10.1. The van der Waals surface area contributed by atoms with Crippen LogP contribution in [0, 0.1) is 5.92 Å². The summed E-state index contributed by atoms with van der Waals surface area (Å²) in [4.78, 5) is 0. The lowest BCUT2D eigenvalue weighted by Crippen LogP contribution is -2.17. The number of anilines is 1. The van der Waals surface area contributed by atoms with Crippen LogP contribution in [0.5, 0.6) is 0 Å². The molecule has 0 aliphatic heterocycles. The Morgan fingerprint density at radius 3 is 2.60 bits per heavy atom. The summed E-state index contributed by atoms with van der Waals surface area (Å²) in [7, 11) is 1.97. The molecule has 0 saturated carbocycles. The first-order valence-electron chi connectivity index (χ1n) is 5.82. The molecule has 1 aromatic heterocycles. The van der Waals surface area contributed by atoms with Gasteiger partial charge in [0.15, 0.2) is 0 Å². The summed E-state index contributed by atoms with van der Waals surface area (Å²) in [6, 6.07) is 0.513. The van der Waals surface area contributed by atoms with Crippen molar-refractivity contribution in [2.24, 2.45) is 13.0 Å². The average Bonchev–Trinajstić information content (AvgIpc) is 2.44. The summed E-state index contributed by atoms with van der Waals surface area (Å²) >= 11 is 0. The lowest BCUT2D eigenvalue weighted by molar-refractivity contribution is 0.539. The second-order valence-corrected chi connectivity index (χ2v) is 4.69. The summed E-state index contributed by atoms with van der Waals surface area (Å²) in [5, 5.41) is 7.95. The highest BCUT2D eigenvalue weighted by molar-refractivity contribution is 5.47. The van der Waals surface area contributed by atoms with Crippen molar-refractivity contribution < 1.29 is 0 Å². The van der Waals surface area contributed by atoms with Crippen LogP contribution in [0.3, 0.4) is 0 Å². The Bertz CT molecular complexity index is 302. The minimum absolute atomic E-state index is 0.513. The van der Waals surface area contributed by atoms with Crippen molar-refractivity contribution in [3.8, 4) is 0 Å². The normalized spacial score (nSPS) is 13.2. The van der Waals surface area contributed by atoms with Gasteiger partial charge in [-0.3, -0.25) is 4.68 Å². The molecule has 86 valence electrons. The second kappa shape index (κ2) is 5.19. The quantitative estimate of drug-likeness (QED) is 0.808. The molecule has 1 unspecified atom stereocenters. The van der Waals surface area contributed by atoms with E-state index in [0.29, 0.717) is 6.04 Å². The fourth-order valence-corrected chi connectivity index (χ4v) is 1.95. The molecule has 0 bridgehead atoms. The van der Waals surface area contributed by atoms with Crippen LogP contribution in [0.15, 0.2) is 6.20 Å². The van der Waals surface area contributed by atoms with Gasteiger partial charge >= 0.3 is 0 Å². The fraction of sp³-hybridized carbons (Fsp3) is 0.750. The van der Waals surface area contributed by atoms with E-state index in [1.54, 1.807) is 0 Å². The molecular weight excluding hydrogens is 186 g/mol. The molecule has 1 N–H and O–H groups in total. The number of aryl methyl sites for hydroxylation is 2. The number of nitrogens with zero attached hydrogens (tertiary/aromatic N) is 2. The zero-order valence-corrected chi connectivity index (χ0v) is 10.5. The number of aromatic nitrogens is 2. The van der Waals surface area contributed by atoms with Crippen molar-refractivity contribution in [3.63, 3.8) is 0 Å². The Kier molecular flexibility index (Phi) is 4.18.